The Hall–Kier alpha value is -5.78. The van der Waals surface area contributed by atoms with E-state index >= 15 is 0 Å². The molecule has 0 fully saturated rings. The second-order valence-electron chi connectivity index (χ2n) is 10.2. The van der Waals surface area contributed by atoms with Crippen LogP contribution in [-0.4, -0.2) is 39.7 Å². The van der Waals surface area contributed by atoms with E-state index in [1.807, 2.05) is 12.1 Å². The fourth-order valence-electron chi connectivity index (χ4n) is 4.51. The first-order valence-electron chi connectivity index (χ1n) is 14.0. The quantitative estimate of drug-likeness (QED) is 0.128. The number of carboxylic acids is 2. The van der Waals surface area contributed by atoms with Gasteiger partial charge in [0.15, 0.2) is 5.78 Å². The van der Waals surface area contributed by atoms with E-state index in [9.17, 15) is 47.4 Å². The van der Waals surface area contributed by atoms with Crippen molar-refractivity contribution in [2.45, 2.75) is 32.4 Å². The number of aromatic carboxylic acids is 2. The first-order valence-corrected chi connectivity index (χ1v) is 14.0. The van der Waals surface area contributed by atoms with Crippen LogP contribution in [0, 0.1) is 0 Å². The van der Waals surface area contributed by atoms with Crippen LogP contribution in [0.1, 0.15) is 88.2 Å². The van der Waals surface area contributed by atoms with Crippen LogP contribution < -0.4 is 10.6 Å². The van der Waals surface area contributed by atoms with E-state index in [1.165, 1.54) is 18.2 Å². The van der Waals surface area contributed by atoms with Gasteiger partial charge in [0, 0.05) is 22.3 Å². The normalized spacial score (nSPS) is 11.0. The van der Waals surface area contributed by atoms with Crippen LogP contribution in [-0.2, 0) is 12.6 Å². The number of hydrogen-bond donors (Lipinski definition) is 4. The molecule has 4 N–H and O–H groups in total. The molecule has 0 radical (unpaired) electrons. The average molecular weight is 633 g/mol. The van der Waals surface area contributed by atoms with Crippen molar-refractivity contribution in [1.82, 2.24) is 0 Å². The Morgan fingerprint density at radius 2 is 1.04 bits per heavy atom. The molecule has 0 saturated heterocycles. The standard InChI is InChI=1S/C34H27F3N2O7/c1-2-3-4-19-5-7-20(8-6-19)30(41)38-27-15-11-22(17-25(27)32(43)44)29(40)23-12-16-28(26(18-23)33(45)46)39-31(42)21-9-13-24(14-10-21)34(35,36)37/h5-18H,2-4H2,1H3,(H,38,41)(H,39,42)(H,43,44)(H,45,46). The Balaban J connectivity index is 1.54. The van der Waals surface area contributed by atoms with Gasteiger partial charge in [0.25, 0.3) is 11.8 Å². The van der Waals surface area contributed by atoms with Gasteiger partial charge in [0.05, 0.1) is 28.1 Å². The largest absolute Gasteiger partial charge is 0.478 e. The van der Waals surface area contributed by atoms with Crippen molar-refractivity contribution in [2.75, 3.05) is 10.6 Å². The van der Waals surface area contributed by atoms with Crippen molar-refractivity contribution in [3.05, 3.63) is 129 Å². The van der Waals surface area contributed by atoms with Crippen LogP contribution >= 0.6 is 0 Å². The van der Waals surface area contributed by atoms with E-state index < -0.39 is 46.8 Å². The molecule has 12 heteroatoms. The van der Waals surface area contributed by atoms with E-state index in [-0.39, 0.29) is 33.6 Å². The van der Waals surface area contributed by atoms with Gasteiger partial charge < -0.3 is 20.8 Å². The first-order chi connectivity index (χ1) is 21.8. The molecule has 4 aromatic rings. The smallest absolute Gasteiger partial charge is 0.416 e. The summed E-state index contributed by atoms with van der Waals surface area (Å²) in [4.78, 5) is 62.7. The number of unbranched alkanes of at least 4 members (excludes halogenated alkanes) is 1. The molecule has 4 aromatic carbocycles. The molecule has 0 unspecified atom stereocenters. The van der Waals surface area contributed by atoms with Crippen LogP contribution in [0.5, 0.6) is 0 Å². The molecule has 2 amide bonds. The van der Waals surface area contributed by atoms with Crippen molar-refractivity contribution >= 4 is 40.9 Å². The first kappa shape index (κ1) is 33.1. The second-order valence-corrected chi connectivity index (χ2v) is 10.2. The van der Waals surface area contributed by atoms with E-state index in [4.69, 9.17) is 0 Å². The van der Waals surface area contributed by atoms with Crippen LogP contribution in [0.15, 0.2) is 84.9 Å². The highest BCUT2D eigenvalue weighted by molar-refractivity contribution is 6.14. The molecular weight excluding hydrogens is 605 g/mol. The number of alkyl halides is 3. The lowest BCUT2D eigenvalue weighted by Crippen LogP contribution is -2.17. The van der Waals surface area contributed by atoms with Gasteiger partial charge in [-0.25, -0.2) is 9.59 Å². The molecule has 0 saturated carbocycles. The number of amides is 2. The summed E-state index contributed by atoms with van der Waals surface area (Å²) in [5, 5.41) is 24.4. The number of carbonyl (C=O) groups is 5. The number of aryl methyl sites for hydroxylation is 1. The SMILES string of the molecule is CCCCc1ccc(C(=O)Nc2ccc(C(=O)c3ccc(NC(=O)c4ccc(C(F)(F)F)cc4)c(C(=O)O)c3)cc2C(=O)O)cc1. The van der Waals surface area contributed by atoms with Gasteiger partial charge in [-0.1, -0.05) is 25.5 Å². The van der Waals surface area contributed by atoms with Gasteiger partial charge in [-0.15, -0.1) is 0 Å². The van der Waals surface area contributed by atoms with Crippen molar-refractivity contribution in [3.8, 4) is 0 Å². The molecule has 0 aliphatic heterocycles. The maximum Gasteiger partial charge on any atom is 0.416 e. The predicted octanol–water partition coefficient (Wildman–Crippen LogP) is 7.18. The molecule has 0 aliphatic carbocycles. The molecule has 4 rings (SSSR count). The van der Waals surface area contributed by atoms with E-state index in [1.54, 1.807) is 12.1 Å². The third kappa shape index (κ3) is 7.83. The number of carbonyl (C=O) groups excluding carboxylic acids is 3. The minimum absolute atomic E-state index is 0.0586. The lowest BCUT2D eigenvalue weighted by atomic mass is 9.98. The number of ketones is 1. The minimum Gasteiger partial charge on any atom is -0.478 e. The van der Waals surface area contributed by atoms with Crippen LogP contribution in [0.25, 0.3) is 0 Å². The molecule has 0 aliphatic rings. The van der Waals surface area contributed by atoms with E-state index in [0.717, 1.165) is 55.2 Å². The molecule has 0 heterocycles. The summed E-state index contributed by atoms with van der Waals surface area (Å²) < 4.78 is 38.5. The maximum atomic E-state index is 13.3. The van der Waals surface area contributed by atoms with Crippen LogP contribution in [0.2, 0.25) is 0 Å². The molecular formula is C34H27F3N2O7. The van der Waals surface area contributed by atoms with Crippen molar-refractivity contribution in [3.63, 3.8) is 0 Å². The van der Waals surface area contributed by atoms with Gasteiger partial charge in [-0.2, -0.15) is 13.2 Å². The number of nitrogens with one attached hydrogen (secondary N) is 2. The fraction of sp³-hybridized carbons (Fsp3) is 0.147. The summed E-state index contributed by atoms with van der Waals surface area (Å²) >= 11 is 0. The monoisotopic (exact) mass is 632 g/mol. The highest BCUT2D eigenvalue weighted by Crippen LogP contribution is 2.29. The zero-order valence-electron chi connectivity index (χ0n) is 24.3. The van der Waals surface area contributed by atoms with Gasteiger partial charge in [0.1, 0.15) is 0 Å². The summed E-state index contributed by atoms with van der Waals surface area (Å²) in [6, 6.07) is 17.1. The van der Waals surface area contributed by atoms with Gasteiger partial charge >= 0.3 is 18.1 Å². The Labute approximate surface area is 260 Å². The molecule has 0 atom stereocenters. The van der Waals surface area contributed by atoms with Crippen LogP contribution in [0.4, 0.5) is 24.5 Å². The maximum absolute atomic E-state index is 13.3. The highest BCUT2D eigenvalue weighted by Gasteiger charge is 2.30. The third-order valence-electron chi connectivity index (χ3n) is 7.03. The lowest BCUT2D eigenvalue weighted by molar-refractivity contribution is -0.137. The second kappa shape index (κ2) is 13.9. The van der Waals surface area contributed by atoms with Gasteiger partial charge in [0.2, 0.25) is 0 Å². The average Bonchev–Trinajstić information content (AvgIpc) is 3.03. The zero-order valence-corrected chi connectivity index (χ0v) is 24.3. The summed E-state index contributed by atoms with van der Waals surface area (Å²) in [7, 11) is 0. The molecule has 236 valence electrons. The summed E-state index contributed by atoms with van der Waals surface area (Å²) in [5.74, 6) is -5.12. The Kier molecular flexibility index (Phi) is 10.0. The third-order valence-corrected chi connectivity index (χ3v) is 7.03. The van der Waals surface area contributed by atoms with Crippen molar-refractivity contribution in [1.29, 1.82) is 0 Å². The Bertz CT molecular complexity index is 1820. The van der Waals surface area contributed by atoms with E-state index in [0.29, 0.717) is 17.7 Å². The lowest BCUT2D eigenvalue weighted by Gasteiger charge is -2.13. The van der Waals surface area contributed by atoms with Crippen LogP contribution in [0.3, 0.4) is 0 Å². The van der Waals surface area contributed by atoms with Crippen molar-refractivity contribution in [2.24, 2.45) is 0 Å². The summed E-state index contributed by atoms with van der Waals surface area (Å²) in [5.41, 5.74) is -1.18. The molecule has 46 heavy (non-hydrogen) atoms. The Morgan fingerprint density at radius 1 is 0.630 bits per heavy atom. The summed E-state index contributed by atoms with van der Waals surface area (Å²) in [6.07, 6.45) is -1.71. The molecule has 0 aromatic heterocycles. The minimum atomic E-state index is -4.60. The number of benzene rings is 4. The molecule has 0 spiro atoms. The number of hydrogen-bond acceptors (Lipinski definition) is 5. The van der Waals surface area contributed by atoms with Gasteiger partial charge in [-0.05, 0) is 91.2 Å². The number of rotatable bonds is 11. The predicted molar refractivity (Wildman–Crippen MR) is 163 cm³/mol. The number of carboxylic acid groups (broad SMARTS) is 2. The zero-order chi connectivity index (χ0) is 33.6. The fourth-order valence-corrected chi connectivity index (χ4v) is 4.51. The highest BCUT2D eigenvalue weighted by atomic mass is 19.4. The summed E-state index contributed by atoms with van der Waals surface area (Å²) in [6.45, 7) is 2.07. The molecule has 9 nitrogen and oxygen atoms in total. The van der Waals surface area contributed by atoms with E-state index in [2.05, 4.69) is 17.6 Å². The van der Waals surface area contributed by atoms with Gasteiger partial charge in [-0.3, -0.25) is 14.4 Å². The topological polar surface area (TPSA) is 150 Å². The van der Waals surface area contributed by atoms with Crippen molar-refractivity contribution < 1.29 is 47.4 Å². The number of halogens is 3. The number of anilines is 2. The molecule has 0 bridgehead atoms. The Morgan fingerprint density at radius 3 is 1.43 bits per heavy atom.